The van der Waals surface area contributed by atoms with E-state index >= 15 is 0 Å². The molecule has 11 heteroatoms. The van der Waals surface area contributed by atoms with Crippen LogP contribution in [0.1, 0.15) is 49.8 Å². The molecular formula is C23H27F3N6O2. The first kappa shape index (κ1) is 22.8. The lowest BCUT2D eigenvalue weighted by molar-refractivity contribution is -0.137. The number of ether oxygens (including phenoxy) is 1. The van der Waals surface area contributed by atoms with E-state index in [0.29, 0.717) is 37.9 Å². The zero-order valence-electron chi connectivity index (χ0n) is 18.9. The number of aromatic nitrogens is 3. The van der Waals surface area contributed by atoms with E-state index in [4.69, 9.17) is 9.72 Å². The van der Waals surface area contributed by atoms with Gasteiger partial charge in [-0.15, -0.1) is 0 Å². The second kappa shape index (κ2) is 9.01. The van der Waals surface area contributed by atoms with E-state index in [9.17, 15) is 18.0 Å². The van der Waals surface area contributed by atoms with E-state index in [2.05, 4.69) is 20.2 Å². The molecule has 2 aromatic heterocycles. The third kappa shape index (κ3) is 4.94. The van der Waals surface area contributed by atoms with E-state index in [1.165, 1.54) is 0 Å². The van der Waals surface area contributed by atoms with Gasteiger partial charge in [0, 0.05) is 51.3 Å². The maximum absolute atomic E-state index is 13.2. The van der Waals surface area contributed by atoms with Crippen molar-refractivity contribution < 1.29 is 22.7 Å². The summed E-state index contributed by atoms with van der Waals surface area (Å²) in [7, 11) is 0. The normalized spacial score (nSPS) is 23.3. The molecule has 2 atom stereocenters. The smallest absolute Gasteiger partial charge is 0.371 e. The van der Waals surface area contributed by atoms with Crippen LogP contribution in [0.2, 0.25) is 0 Å². The number of alkyl halides is 3. The monoisotopic (exact) mass is 476 g/mol. The van der Waals surface area contributed by atoms with Gasteiger partial charge in [0.25, 0.3) is 0 Å². The quantitative estimate of drug-likeness (QED) is 0.720. The number of halogens is 3. The van der Waals surface area contributed by atoms with Crippen molar-refractivity contribution >= 4 is 23.5 Å². The predicted molar refractivity (Wildman–Crippen MR) is 119 cm³/mol. The van der Waals surface area contributed by atoms with E-state index in [0.717, 1.165) is 49.7 Å². The van der Waals surface area contributed by atoms with Gasteiger partial charge in [0.1, 0.15) is 11.6 Å². The third-order valence-electron chi connectivity index (χ3n) is 6.76. The minimum atomic E-state index is -4.46. The lowest BCUT2D eigenvalue weighted by Crippen LogP contribution is -2.43. The summed E-state index contributed by atoms with van der Waals surface area (Å²) in [5.41, 5.74) is 0.0439. The van der Waals surface area contributed by atoms with Crippen LogP contribution in [0.25, 0.3) is 0 Å². The van der Waals surface area contributed by atoms with Gasteiger partial charge in [-0.1, -0.05) is 0 Å². The molecule has 0 radical (unpaired) electrons. The number of amides is 1. The van der Waals surface area contributed by atoms with Crippen LogP contribution in [-0.2, 0) is 15.7 Å². The van der Waals surface area contributed by atoms with E-state index in [1.54, 1.807) is 13.0 Å². The molecule has 0 saturated carbocycles. The van der Waals surface area contributed by atoms with Gasteiger partial charge in [0.05, 0.1) is 23.5 Å². The maximum atomic E-state index is 13.2. The second-order valence-electron chi connectivity index (χ2n) is 9.17. The fourth-order valence-corrected chi connectivity index (χ4v) is 4.94. The lowest BCUT2D eigenvalue weighted by atomic mass is 9.93. The Labute approximate surface area is 195 Å². The number of piperidine rings is 1. The standard InChI is InChI=1S/C23H27F3N6O2/c1-14(33)31-8-5-15(6-9-31)19-11-21(29-20-10-16(4-7-27-20)23(24,25)26)30-22(28-19)32-12-17-2-3-18(13-32)34-17/h4,7,10-11,15,17-18H,2-3,5-6,8-9,12-13H2,1H3,(H,27,28,29,30). The highest BCUT2D eigenvalue weighted by Gasteiger charge is 2.35. The number of pyridine rings is 1. The van der Waals surface area contributed by atoms with Crippen LogP contribution in [0.5, 0.6) is 0 Å². The number of fused-ring (bicyclic) bond motifs is 2. The largest absolute Gasteiger partial charge is 0.416 e. The van der Waals surface area contributed by atoms with Crippen molar-refractivity contribution in [2.24, 2.45) is 0 Å². The summed E-state index contributed by atoms with van der Waals surface area (Å²) >= 11 is 0. The number of nitrogens with zero attached hydrogens (tertiary/aromatic N) is 5. The minimum absolute atomic E-state index is 0.0589. The van der Waals surface area contributed by atoms with Crippen molar-refractivity contribution in [2.75, 3.05) is 36.4 Å². The lowest BCUT2D eigenvalue weighted by Gasteiger charge is -2.34. The molecule has 3 aliphatic rings. The van der Waals surface area contributed by atoms with E-state index < -0.39 is 11.7 Å². The van der Waals surface area contributed by atoms with Crippen LogP contribution >= 0.6 is 0 Å². The number of hydrogen-bond donors (Lipinski definition) is 1. The average molecular weight is 477 g/mol. The fraction of sp³-hybridized carbons (Fsp3) is 0.565. The number of nitrogens with one attached hydrogen (secondary N) is 1. The maximum Gasteiger partial charge on any atom is 0.416 e. The summed E-state index contributed by atoms with van der Waals surface area (Å²) in [6.45, 7) is 4.24. The number of morpholine rings is 1. The average Bonchev–Trinajstić information content (AvgIpc) is 3.15. The van der Waals surface area contributed by atoms with Crippen molar-refractivity contribution in [3.05, 3.63) is 35.7 Å². The fourth-order valence-electron chi connectivity index (χ4n) is 4.94. The Bertz CT molecular complexity index is 1050. The molecule has 0 aromatic carbocycles. The highest BCUT2D eigenvalue weighted by Crippen LogP contribution is 2.34. The zero-order chi connectivity index (χ0) is 23.9. The van der Waals surface area contributed by atoms with Crippen LogP contribution in [0.3, 0.4) is 0 Å². The Morgan fingerprint density at radius 2 is 1.76 bits per heavy atom. The summed E-state index contributed by atoms with van der Waals surface area (Å²) < 4.78 is 45.4. The first-order valence-electron chi connectivity index (χ1n) is 11.6. The molecular weight excluding hydrogens is 449 g/mol. The molecule has 1 N–H and O–H groups in total. The van der Waals surface area contributed by atoms with E-state index in [1.807, 2.05) is 4.90 Å². The number of carbonyl (C=O) groups is 1. The predicted octanol–water partition coefficient (Wildman–Crippen LogP) is 3.73. The van der Waals surface area contributed by atoms with Gasteiger partial charge >= 0.3 is 6.18 Å². The zero-order valence-corrected chi connectivity index (χ0v) is 18.9. The van der Waals surface area contributed by atoms with Gasteiger partial charge in [0.15, 0.2) is 0 Å². The number of carbonyl (C=O) groups excluding carboxylic acids is 1. The summed E-state index contributed by atoms with van der Waals surface area (Å²) in [5.74, 6) is 1.20. The molecule has 2 bridgehead atoms. The van der Waals surface area contributed by atoms with Crippen molar-refractivity contribution in [2.45, 2.75) is 56.9 Å². The molecule has 3 aliphatic heterocycles. The molecule has 1 amide bonds. The summed E-state index contributed by atoms with van der Waals surface area (Å²) in [6, 6.07) is 3.70. The molecule has 3 saturated heterocycles. The summed E-state index contributed by atoms with van der Waals surface area (Å²) in [6.07, 6.45) is 0.507. The molecule has 5 rings (SSSR count). The van der Waals surface area contributed by atoms with Crippen LogP contribution in [0.4, 0.5) is 30.8 Å². The Morgan fingerprint density at radius 3 is 2.41 bits per heavy atom. The van der Waals surface area contributed by atoms with Crippen molar-refractivity contribution in [1.29, 1.82) is 0 Å². The Morgan fingerprint density at radius 1 is 1.06 bits per heavy atom. The molecule has 0 aliphatic carbocycles. The Balaban J connectivity index is 1.43. The van der Waals surface area contributed by atoms with Gasteiger partial charge < -0.3 is 19.9 Å². The Kier molecular flexibility index (Phi) is 6.05. The van der Waals surface area contributed by atoms with Crippen LogP contribution < -0.4 is 10.2 Å². The number of anilines is 3. The SMILES string of the molecule is CC(=O)N1CCC(c2cc(Nc3cc(C(F)(F)F)ccn3)nc(N3CC4CCC(C3)O4)n2)CC1. The van der Waals surface area contributed by atoms with Crippen molar-refractivity contribution in [1.82, 2.24) is 19.9 Å². The van der Waals surface area contributed by atoms with Gasteiger partial charge in [-0.05, 0) is 37.8 Å². The van der Waals surface area contributed by atoms with Gasteiger partial charge in [-0.2, -0.15) is 18.2 Å². The van der Waals surface area contributed by atoms with Crippen LogP contribution in [-0.4, -0.2) is 64.1 Å². The summed E-state index contributed by atoms with van der Waals surface area (Å²) in [4.78, 5) is 29.2. The molecule has 2 aromatic rings. The second-order valence-corrected chi connectivity index (χ2v) is 9.17. The van der Waals surface area contributed by atoms with E-state index in [-0.39, 0.29) is 29.9 Å². The third-order valence-corrected chi connectivity index (χ3v) is 6.76. The molecule has 34 heavy (non-hydrogen) atoms. The summed E-state index contributed by atoms with van der Waals surface area (Å²) in [5, 5.41) is 2.96. The topological polar surface area (TPSA) is 83.5 Å². The first-order chi connectivity index (χ1) is 16.2. The number of rotatable bonds is 4. The van der Waals surface area contributed by atoms with Gasteiger partial charge in [-0.25, -0.2) is 9.97 Å². The highest BCUT2D eigenvalue weighted by atomic mass is 19.4. The minimum Gasteiger partial charge on any atom is -0.371 e. The van der Waals surface area contributed by atoms with Gasteiger partial charge in [-0.3, -0.25) is 4.79 Å². The molecule has 182 valence electrons. The molecule has 8 nitrogen and oxygen atoms in total. The molecule has 2 unspecified atom stereocenters. The van der Waals surface area contributed by atoms with Crippen molar-refractivity contribution in [3.63, 3.8) is 0 Å². The van der Waals surface area contributed by atoms with Gasteiger partial charge in [0.2, 0.25) is 11.9 Å². The molecule has 5 heterocycles. The molecule has 3 fully saturated rings. The van der Waals surface area contributed by atoms with Crippen LogP contribution in [0.15, 0.2) is 24.4 Å². The van der Waals surface area contributed by atoms with Crippen LogP contribution in [0, 0.1) is 0 Å². The van der Waals surface area contributed by atoms with Crippen molar-refractivity contribution in [3.8, 4) is 0 Å². The number of hydrogen-bond acceptors (Lipinski definition) is 7. The number of likely N-dealkylation sites (tertiary alicyclic amines) is 1. The Hall–Kier alpha value is -2.95. The highest BCUT2D eigenvalue weighted by molar-refractivity contribution is 5.73. The first-order valence-corrected chi connectivity index (χ1v) is 11.6. The molecule has 0 spiro atoms.